The lowest BCUT2D eigenvalue weighted by molar-refractivity contribution is -0.0576. The molecule has 0 saturated carbocycles. The molecule has 22 heavy (non-hydrogen) atoms. The first-order chi connectivity index (χ1) is 10.2. The van der Waals surface area contributed by atoms with Gasteiger partial charge < -0.3 is 20.5 Å². The van der Waals surface area contributed by atoms with E-state index in [2.05, 4.69) is 4.98 Å². The summed E-state index contributed by atoms with van der Waals surface area (Å²) in [6.07, 6.45) is 4.12. The second-order valence-electron chi connectivity index (χ2n) is 6.87. The van der Waals surface area contributed by atoms with Gasteiger partial charge in [-0.05, 0) is 45.2 Å². The summed E-state index contributed by atoms with van der Waals surface area (Å²) in [5.74, 6) is 0. The van der Waals surface area contributed by atoms with Crippen molar-refractivity contribution >= 4 is 6.09 Å². The van der Waals surface area contributed by atoms with E-state index in [9.17, 15) is 9.90 Å². The quantitative estimate of drug-likeness (QED) is 0.870. The Bertz CT molecular complexity index is 515. The Hall–Kier alpha value is -1.66. The minimum atomic E-state index is -1.17. The zero-order chi connectivity index (χ0) is 16.4. The second kappa shape index (κ2) is 6.22. The summed E-state index contributed by atoms with van der Waals surface area (Å²) < 4.78 is 5.38. The molecule has 0 spiro atoms. The molecular weight excluding hydrogens is 282 g/mol. The molecule has 2 atom stereocenters. The maximum atomic E-state index is 12.2. The highest BCUT2D eigenvalue weighted by Crippen LogP contribution is 2.32. The van der Waals surface area contributed by atoms with Crippen LogP contribution in [0.4, 0.5) is 4.79 Å². The number of carbonyl (C=O) groups is 1. The number of pyridine rings is 1. The van der Waals surface area contributed by atoms with Crippen molar-refractivity contribution in [1.82, 2.24) is 9.88 Å². The molecule has 6 heteroatoms. The van der Waals surface area contributed by atoms with Crippen molar-refractivity contribution in [2.24, 2.45) is 5.73 Å². The predicted molar refractivity (Wildman–Crippen MR) is 83.2 cm³/mol. The van der Waals surface area contributed by atoms with Crippen LogP contribution in [0.25, 0.3) is 0 Å². The average molecular weight is 307 g/mol. The van der Waals surface area contributed by atoms with E-state index in [4.69, 9.17) is 10.5 Å². The first-order valence-corrected chi connectivity index (χ1v) is 7.57. The van der Waals surface area contributed by atoms with Crippen LogP contribution in [0.15, 0.2) is 24.5 Å². The summed E-state index contributed by atoms with van der Waals surface area (Å²) in [5.41, 5.74) is 5.26. The fourth-order valence-electron chi connectivity index (χ4n) is 2.67. The van der Waals surface area contributed by atoms with E-state index in [1.165, 1.54) is 4.90 Å². The van der Waals surface area contributed by atoms with E-state index >= 15 is 0 Å². The third-order valence-electron chi connectivity index (χ3n) is 3.78. The van der Waals surface area contributed by atoms with E-state index in [0.717, 1.165) is 5.56 Å². The molecular formula is C16H25N3O3. The summed E-state index contributed by atoms with van der Waals surface area (Å²) in [4.78, 5) is 17.8. The summed E-state index contributed by atoms with van der Waals surface area (Å²) in [6.45, 7) is 6.20. The Morgan fingerprint density at radius 1 is 1.55 bits per heavy atom. The summed E-state index contributed by atoms with van der Waals surface area (Å²) in [6, 6.07) is 3.03. The van der Waals surface area contributed by atoms with Crippen molar-refractivity contribution in [2.75, 3.05) is 13.1 Å². The van der Waals surface area contributed by atoms with Gasteiger partial charge in [0.05, 0.1) is 12.6 Å². The molecule has 6 nitrogen and oxygen atoms in total. The van der Waals surface area contributed by atoms with Crippen molar-refractivity contribution < 1.29 is 14.6 Å². The lowest BCUT2D eigenvalue weighted by atomic mass is 9.83. The molecule has 1 amide bonds. The maximum Gasteiger partial charge on any atom is 0.410 e. The number of β-amino-alcohol motifs (C(OH)–C–C–N with tert-alkyl or cyclic N) is 1. The molecule has 2 unspecified atom stereocenters. The minimum absolute atomic E-state index is 0.165. The van der Waals surface area contributed by atoms with Gasteiger partial charge in [-0.3, -0.25) is 4.98 Å². The third kappa shape index (κ3) is 3.96. The number of nitrogens with two attached hydrogens (primary N) is 1. The number of aliphatic hydroxyl groups is 1. The van der Waals surface area contributed by atoms with Crippen molar-refractivity contribution in [1.29, 1.82) is 0 Å². The van der Waals surface area contributed by atoms with Gasteiger partial charge in [0.2, 0.25) is 0 Å². The molecule has 0 bridgehead atoms. The lowest BCUT2D eigenvalue weighted by Gasteiger charge is -2.42. The van der Waals surface area contributed by atoms with Crippen LogP contribution in [0.5, 0.6) is 0 Å². The van der Waals surface area contributed by atoms with Gasteiger partial charge in [-0.15, -0.1) is 0 Å². The maximum absolute atomic E-state index is 12.2. The van der Waals surface area contributed by atoms with Gasteiger partial charge >= 0.3 is 6.09 Å². The number of ether oxygens (including phenoxy) is 1. The molecule has 122 valence electrons. The van der Waals surface area contributed by atoms with Crippen LogP contribution in [-0.2, 0) is 4.74 Å². The molecule has 2 rings (SSSR count). The number of carbonyl (C=O) groups excluding carboxylic acids is 1. The molecule has 3 N–H and O–H groups in total. The molecule has 1 fully saturated rings. The molecule has 1 aromatic rings. The molecule has 0 radical (unpaired) electrons. The highest BCUT2D eigenvalue weighted by atomic mass is 16.6. The van der Waals surface area contributed by atoms with Crippen molar-refractivity contribution in [3.63, 3.8) is 0 Å². The smallest absolute Gasteiger partial charge is 0.410 e. The summed E-state index contributed by atoms with van der Waals surface area (Å²) in [7, 11) is 0. The Balaban J connectivity index is 2.10. The number of nitrogens with zero attached hydrogens (tertiary/aromatic N) is 2. The number of rotatable bonds is 2. The van der Waals surface area contributed by atoms with Crippen LogP contribution < -0.4 is 5.73 Å². The highest BCUT2D eigenvalue weighted by Gasteiger charge is 2.42. The summed E-state index contributed by atoms with van der Waals surface area (Å²) in [5, 5.41) is 10.9. The number of piperidine rings is 1. The molecule has 1 aliphatic heterocycles. The SMILES string of the molecule is CC(C)(C)OC(=O)N1CCCC(O)(C(N)c2cccnc2)C1. The predicted octanol–water partition coefficient (Wildman–Crippen LogP) is 1.84. The van der Waals surface area contributed by atoms with E-state index in [1.807, 2.05) is 26.8 Å². The Morgan fingerprint density at radius 2 is 2.27 bits per heavy atom. The molecule has 2 heterocycles. The molecule has 0 aromatic carbocycles. The first-order valence-electron chi connectivity index (χ1n) is 7.57. The minimum Gasteiger partial charge on any atom is -0.444 e. The van der Waals surface area contributed by atoms with Crippen LogP contribution in [0.2, 0.25) is 0 Å². The first kappa shape index (κ1) is 16.7. The zero-order valence-corrected chi connectivity index (χ0v) is 13.5. The summed E-state index contributed by atoms with van der Waals surface area (Å²) >= 11 is 0. The average Bonchev–Trinajstić information content (AvgIpc) is 2.45. The van der Waals surface area contributed by atoms with Gasteiger partial charge in [0.25, 0.3) is 0 Å². The number of aromatic nitrogens is 1. The highest BCUT2D eigenvalue weighted by molar-refractivity contribution is 5.68. The number of amides is 1. The Morgan fingerprint density at radius 3 is 2.86 bits per heavy atom. The fourth-order valence-corrected chi connectivity index (χ4v) is 2.67. The monoisotopic (exact) mass is 307 g/mol. The third-order valence-corrected chi connectivity index (χ3v) is 3.78. The van der Waals surface area contributed by atoms with Crippen LogP contribution in [0.1, 0.15) is 45.2 Å². The van der Waals surface area contributed by atoms with Crippen molar-refractivity contribution in [3.05, 3.63) is 30.1 Å². The number of hydrogen-bond donors (Lipinski definition) is 2. The Labute approximate surface area is 131 Å². The van der Waals surface area contributed by atoms with Crippen LogP contribution in [-0.4, -0.2) is 45.4 Å². The normalized spacial score (nSPS) is 24.0. The van der Waals surface area contributed by atoms with E-state index in [0.29, 0.717) is 19.4 Å². The molecule has 0 aliphatic carbocycles. The lowest BCUT2D eigenvalue weighted by Crippen LogP contribution is -2.56. The fraction of sp³-hybridized carbons (Fsp3) is 0.625. The van der Waals surface area contributed by atoms with Crippen LogP contribution >= 0.6 is 0 Å². The standard InChI is InChI=1S/C16H25N3O3/c1-15(2,3)22-14(20)19-9-5-7-16(21,11-19)13(17)12-6-4-8-18-10-12/h4,6,8,10,13,21H,5,7,9,11,17H2,1-3H3. The Kier molecular flexibility index (Phi) is 4.72. The number of hydrogen-bond acceptors (Lipinski definition) is 5. The van der Waals surface area contributed by atoms with Gasteiger partial charge in [-0.2, -0.15) is 0 Å². The van der Waals surface area contributed by atoms with Crippen molar-refractivity contribution in [2.45, 2.75) is 50.9 Å². The largest absolute Gasteiger partial charge is 0.444 e. The second-order valence-corrected chi connectivity index (χ2v) is 6.87. The molecule has 1 saturated heterocycles. The number of likely N-dealkylation sites (tertiary alicyclic amines) is 1. The van der Waals surface area contributed by atoms with Crippen LogP contribution in [0.3, 0.4) is 0 Å². The zero-order valence-electron chi connectivity index (χ0n) is 13.5. The van der Waals surface area contributed by atoms with E-state index < -0.39 is 23.3 Å². The molecule has 1 aliphatic rings. The van der Waals surface area contributed by atoms with Crippen molar-refractivity contribution in [3.8, 4) is 0 Å². The molecule has 1 aromatic heterocycles. The van der Waals surface area contributed by atoms with Crippen LogP contribution in [0, 0.1) is 0 Å². The van der Waals surface area contributed by atoms with Gasteiger partial charge in [0.15, 0.2) is 0 Å². The van der Waals surface area contributed by atoms with Gasteiger partial charge in [0, 0.05) is 18.9 Å². The van der Waals surface area contributed by atoms with Gasteiger partial charge in [0.1, 0.15) is 11.2 Å². The topological polar surface area (TPSA) is 88.7 Å². The van der Waals surface area contributed by atoms with Gasteiger partial charge in [-0.1, -0.05) is 6.07 Å². The van der Waals surface area contributed by atoms with E-state index in [-0.39, 0.29) is 6.54 Å². The van der Waals surface area contributed by atoms with Gasteiger partial charge in [-0.25, -0.2) is 4.79 Å². The van der Waals surface area contributed by atoms with E-state index in [1.54, 1.807) is 18.5 Å².